The molecular weight excluding hydrogens is 787 g/mol. The van der Waals surface area contributed by atoms with Crippen molar-refractivity contribution < 1.29 is 0 Å². The van der Waals surface area contributed by atoms with E-state index in [-0.39, 0.29) is 10.8 Å². The van der Waals surface area contributed by atoms with E-state index < -0.39 is 8.07 Å². The van der Waals surface area contributed by atoms with Crippen LogP contribution >= 0.6 is 0 Å². The molecule has 308 valence electrons. The van der Waals surface area contributed by atoms with Crippen molar-refractivity contribution in [2.24, 2.45) is 0 Å². The van der Waals surface area contributed by atoms with Gasteiger partial charge in [-0.05, 0) is 136 Å². The van der Waals surface area contributed by atoms with E-state index in [2.05, 4.69) is 245 Å². The van der Waals surface area contributed by atoms with Gasteiger partial charge in [-0.3, -0.25) is 0 Å². The van der Waals surface area contributed by atoms with Crippen LogP contribution in [0, 0.1) is 0 Å². The van der Waals surface area contributed by atoms with Gasteiger partial charge in [-0.1, -0.05) is 210 Å². The van der Waals surface area contributed by atoms with Gasteiger partial charge in [0, 0.05) is 16.9 Å². The lowest BCUT2D eigenvalue weighted by atomic mass is 9.61. The fourth-order valence-corrected chi connectivity index (χ4v) is 17.5. The first-order valence-corrected chi connectivity index (χ1v) is 25.0. The number of nitrogens with zero attached hydrogens (tertiary/aromatic N) is 1. The summed E-state index contributed by atoms with van der Waals surface area (Å²) in [6, 6.07) is 80.3. The molecule has 2 heteroatoms. The van der Waals surface area contributed by atoms with Crippen molar-refractivity contribution in [3.05, 3.63) is 223 Å². The lowest BCUT2D eigenvalue weighted by molar-refractivity contribution is 0.333. The number of fused-ring (bicyclic) bond motifs is 11. The van der Waals surface area contributed by atoms with Crippen molar-refractivity contribution in [1.29, 1.82) is 0 Å². The SMILES string of the molecule is CC1(C)CCC(C)(C)c2c(-c3ccc(N(c4ccc(-c5ccccc5)c(-c5ccccc5)c4)c4cccc5c4-c4ccccc4[Si]54c5ccccc5-c5ccccc54)cc3)cccc21. The Labute approximate surface area is 379 Å². The van der Waals surface area contributed by atoms with Crippen molar-refractivity contribution in [2.45, 2.75) is 51.4 Å². The summed E-state index contributed by atoms with van der Waals surface area (Å²) in [5, 5.41) is 5.93. The molecule has 0 amide bonds. The molecule has 0 N–H and O–H groups in total. The molecule has 0 bridgehead atoms. The molecule has 0 radical (unpaired) electrons. The van der Waals surface area contributed by atoms with Crippen molar-refractivity contribution in [3.63, 3.8) is 0 Å². The van der Waals surface area contributed by atoms with Crippen LogP contribution in [0.15, 0.2) is 212 Å². The molecule has 9 aromatic rings. The predicted octanol–water partition coefficient (Wildman–Crippen LogP) is 13.8. The van der Waals surface area contributed by atoms with Crippen molar-refractivity contribution in [3.8, 4) is 55.6 Å². The number of anilines is 3. The molecular formula is C62H51NSi. The van der Waals surface area contributed by atoms with Crippen LogP contribution in [-0.2, 0) is 10.8 Å². The summed E-state index contributed by atoms with van der Waals surface area (Å²) in [5.74, 6) is 0. The minimum Gasteiger partial charge on any atom is -0.310 e. The number of rotatable bonds is 6. The highest BCUT2D eigenvalue weighted by Crippen LogP contribution is 2.51. The Morgan fingerprint density at radius 3 is 1.50 bits per heavy atom. The summed E-state index contributed by atoms with van der Waals surface area (Å²) in [6.07, 6.45) is 2.38. The third kappa shape index (κ3) is 5.68. The fraction of sp³-hybridized carbons (Fsp3) is 0.129. The van der Waals surface area contributed by atoms with E-state index in [0.717, 1.165) is 11.4 Å². The summed E-state index contributed by atoms with van der Waals surface area (Å²) >= 11 is 0. The molecule has 0 saturated heterocycles. The quantitative estimate of drug-likeness (QED) is 0.151. The normalized spacial score (nSPS) is 15.4. The highest BCUT2D eigenvalue weighted by atomic mass is 28.3. The van der Waals surface area contributed by atoms with E-state index in [1.165, 1.54) is 106 Å². The highest BCUT2D eigenvalue weighted by molar-refractivity contribution is 7.24. The third-order valence-corrected chi connectivity index (χ3v) is 19.9. The lowest BCUT2D eigenvalue weighted by Gasteiger charge is -2.43. The van der Waals surface area contributed by atoms with Crippen LogP contribution in [0.3, 0.4) is 0 Å². The van der Waals surface area contributed by atoms with Gasteiger partial charge in [0.1, 0.15) is 0 Å². The molecule has 2 aliphatic heterocycles. The molecule has 3 aliphatic rings. The maximum Gasteiger partial charge on any atom is 0.182 e. The van der Waals surface area contributed by atoms with Gasteiger partial charge in [0.25, 0.3) is 0 Å². The molecule has 2 heterocycles. The van der Waals surface area contributed by atoms with Gasteiger partial charge >= 0.3 is 0 Å². The zero-order valence-electron chi connectivity index (χ0n) is 37.1. The largest absolute Gasteiger partial charge is 0.310 e. The second kappa shape index (κ2) is 14.5. The summed E-state index contributed by atoms with van der Waals surface area (Å²) in [5.41, 5.74) is 19.6. The molecule has 12 rings (SSSR count). The Hall–Kier alpha value is -7.00. The zero-order chi connectivity index (χ0) is 43.2. The molecule has 0 aromatic heterocycles. The van der Waals surface area contributed by atoms with E-state index in [1.54, 1.807) is 0 Å². The molecule has 0 fully saturated rings. The van der Waals surface area contributed by atoms with E-state index in [0.29, 0.717) is 0 Å². The first kappa shape index (κ1) is 38.7. The van der Waals surface area contributed by atoms with Gasteiger partial charge in [0.05, 0.1) is 5.69 Å². The molecule has 0 unspecified atom stereocenters. The first-order chi connectivity index (χ1) is 31.3. The summed E-state index contributed by atoms with van der Waals surface area (Å²) in [6.45, 7) is 9.72. The Morgan fingerprint density at radius 1 is 0.359 bits per heavy atom. The topological polar surface area (TPSA) is 3.24 Å². The first-order valence-electron chi connectivity index (χ1n) is 23.0. The molecule has 1 spiro atoms. The van der Waals surface area contributed by atoms with Crippen LogP contribution in [0.5, 0.6) is 0 Å². The fourth-order valence-electron chi connectivity index (χ4n) is 11.9. The van der Waals surface area contributed by atoms with Gasteiger partial charge in [0.15, 0.2) is 8.07 Å². The molecule has 0 saturated carbocycles. The maximum atomic E-state index is 2.55. The molecule has 9 aromatic carbocycles. The van der Waals surface area contributed by atoms with Gasteiger partial charge in [-0.2, -0.15) is 0 Å². The van der Waals surface area contributed by atoms with Crippen molar-refractivity contribution >= 4 is 45.9 Å². The Balaban J connectivity index is 1.11. The standard InChI is InChI=1S/C62H51NSi/c1-61(2)39-40-62(3,4)60-48(26-17-27-53(60)61)44-33-35-45(36-34-44)63(46-37-38-47(42-19-7-5-8-20-42)52(41-46)43-21-9-6-10-22-43)54-28-18-32-58-59(54)51-25-13-16-31-57(51)64(58)55-29-14-11-23-49(55)50-24-12-15-30-56(50)64/h5-38,41H,39-40H2,1-4H3. The second-order valence-electron chi connectivity index (χ2n) is 19.4. The maximum absolute atomic E-state index is 2.67. The van der Waals surface area contributed by atoms with Crippen LogP contribution in [0.4, 0.5) is 17.1 Å². The number of benzene rings is 9. The number of hydrogen-bond donors (Lipinski definition) is 0. The number of hydrogen-bond acceptors (Lipinski definition) is 1. The van der Waals surface area contributed by atoms with E-state index in [4.69, 9.17) is 0 Å². The summed E-state index contributed by atoms with van der Waals surface area (Å²) in [7, 11) is -2.67. The minimum absolute atomic E-state index is 0.0931. The van der Waals surface area contributed by atoms with Crippen molar-refractivity contribution in [2.75, 3.05) is 4.90 Å². The molecule has 1 aliphatic carbocycles. The van der Waals surface area contributed by atoms with Crippen LogP contribution in [0.25, 0.3) is 55.6 Å². The van der Waals surface area contributed by atoms with Crippen LogP contribution < -0.4 is 25.6 Å². The monoisotopic (exact) mass is 837 g/mol. The molecule has 64 heavy (non-hydrogen) atoms. The third-order valence-electron chi connectivity index (χ3n) is 15.0. The second-order valence-corrected chi connectivity index (χ2v) is 23.1. The Kier molecular flexibility index (Phi) is 8.77. The van der Waals surface area contributed by atoms with Crippen molar-refractivity contribution in [1.82, 2.24) is 0 Å². The molecule has 0 atom stereocenters. The van der Waals surface area contributed by atoms with E-state index in [1.807, 2.05) is 0 Å². The average Bonchev–Trinajstić information content (AvgIpc) is 3.82. The minimum atomic E-state index is -2.67. The van der Waals surface area contributed by atoms with Gasteiger partial charge < -0.3 is 4.90 Å². The van der Waals surface area contributed by atoms with E-state index in [9.17, 15) is 0 Å². The van der Waals surface area contributed by atoms with Crippen LogP contribution in [-0.4, -0.2) is 8.07 Å². The van der Waals surface area contributed by atoms with Gasteiger partial charge in [0.2, 0.25) is 0 Å². The summed E-state index contributed by atoms with van der Waals surface area (Å²) in [4.78, 5) is 2.55. The van der Waals surface area contributed by atoms with Crippen LogP contribution in [0.2, 0.25) is 0 Å². The summed E-state index contributed by atoms with van der Waals surface area (Å²) < 4.78 is 0. The Bertz CT molecular complexity index is 3220. The van der Waals surface area contributed by atoms with Crippen LogP contribution in [0.1, 0.15) is 51.7 Å². The smallest absolute Gasteiger partial charge is 0.182 e. The Morgan fingerprint density at radius 2 is 0.844 bits per heavy atom. The zero-order valence-corrected chi connectivity index (χ0v) is 38.1. The van der Waals surface area contributed by atoms with Gasteiger partial charge in [-0.25, -0.2) is 0 Å². The predicted molar refractivity (Wildman–Crippen MR) is 274 cm³/mol. The van der Waals surface area contributed by atoms with Gasteiger partial charge in [-0.15, -0.1) is 0 Å². The average molecular weight is 838 g/mol. The lowest BCUT2D eigenvalue weighted by Crippen LogP contribution is -2.70. The molecule has 1 nitrogen and oxygen atoms in total. The van der Waals surface area contributed by atoms with E-state index >= 15 is 0 Å². The highest BCUT2D eigenvalue weighted by Gasteiger charge is 2.54.